The monoisotopic (exact) mass is 249 g/mol. The van der Waals surface area contributed by atoms with Gasteiger partial charge in [0.1, 0.15) is 5.82 Å². The van der Waals surface area contributed by atoms with Crippen LogP contribution in [0.15, 0.2) is 18.3 Å². The highest BCUT2D eigenvalue weighted by molar-refractivity contribution is 5.39. The van der Waals surface area contributed by atoms with Gasteiger partial charge in [0, 0.05) is 31.9 Å². The highest BCUT2D eigenvalue weighted by Gasteiger charge is 2.17. The second-order valence-corrected chi connectivity index (χ2v) is 5.28. The summed E-state index contributed by atoms with van der Waals surface area (Å²) in [5, 5.41) is 12.9. The molecule has 1 aliphatic heterocycles. The standard InChI is InChI=1S/C14H23N3O/c1-11(2)15-9-12-3-4-14(16-10-12)17-7-5-13(18)6-8-17/h3-4,10-11,13,15,18H,5-9H2,1-2H3. The Morgan fingerprint density at radius 2 is 2.11 bits per heavy atom. The fourth-order valence-corrected chi connectivity index (χ4v) is 2.13. The Balaban J connectivity index is 1.91. The van der Waals surface area contributed by atoms with Crippen molar-refractivity contribution in [3.8, 4) is 0 Å². The quantitative estimate of drug-likeness (QED) is 0.850. The lowest BCUT2D eigenvalue weighted by molar-refractivity contribution is 0.145. The van der Waals surface area contributed by atoms with Crippen LogP contribution in [-0.2, 0) is 6.54 Å². The topological polar surface area (TPSA) is 48.4 Å². The van der Waals surface area contributed by atoms with Crippen LogP contribution < -0.4 is 10.2 Å². The number of aliphatic hydroxyl groups is 1. The zero-order valence-corrected chi connectivity index (χ0v) is 11.3. The highest BCUT2D eigenvalue weighted by atomic mass is 16.3. The molecule has 0 atom stereocenters. The molecule has 0 bridgehead atoms. The summed E-state index contributed by atoms with van der Waals surface area (Å²) in [6.45, 7) is 6.95. The van der Waals surface area contributed by atoms with Crippen molar-refractivity contribution >= 4 is 5.82 Å². The summed E-state index contributed by atoms with van der Waals surface area (Å²) in [6, 6.07) is 4.70. The first-order valence-corrected chi connectivity index (χ1v) is 6.76. The van der Waals surface area contributed by atoms with Gasteiger partial charge in [-0.3, -0.25) is 0 Å². The maximum absolute atomic E-state index is 9.48. The average molecular weight is 249 g/mol. The van der Waals surface area contributed by atoms with Crippen LogP contribution in [0, 0.1) is 0 Å². The summed E-state index contributed by atoms with van der Waals surface area (Å²) in [5.74, 6) is 1.02. The Morgan fingerprint density at radius 3 is 2.67 bits per heavy atom. The Bertz CT molecular complexity index is 356. The van der Waals surface area contributed by atoms with Gasteiger partial charge in [0.05, 0.1) is 6.10 Å². The molecule has 0 radical (unpaired) electrons. The number of aliphatic hydroxyl groups excluding tert-OH is 1. The smallest absolute Gasteiger partial charge is 0.128 e. The molecule has 0 amide bonds. The Kier molecular flexibility index (Phi) is 4.55. The SMILES string of the molecule is CC(C)NCc1ccc(N2CCC(O)CC2)nc1. The summed E-state index contributed by atoms with van der Waals surface area (Å²) < 4.78 is 0. The van der Waals surface area contributed by atoms with Gasteiger partial charge in [0.15, 0.2) is 0 Å². The van der Waals surface area contributed by atoms with E-state index < -0.39 is 0 Å². The molecule has 0 aromatic carbocycles. The summed E-state index contributed by atoms with van der Waals surface area (Å²) in [5.41, 5.74) is 1.21. The van der Waals surface area contributed by atoms with Crippen LogP contribution in [-0.4, -0.2) is 35.3 Å². The number of aromatic nitrogens is 1. The number of hydrogen-bond donors (Lipinski definition) is 2. The number of anilines is 1. The molecule has 4 heteroatoms. The number of rotatable bonds is 4. The molecule has 0 saturated carbocycles. The van der Waals surface area contributed by atoms with Gasteiger partial charge in [-0.1, -0.05) is 19.9 Å². The van der Waals surface area contributed by atoms with Gasteiger partial charge in [-0.15, -0.1) is 0 Å². The lowest BCUT2D eigenvalue weighted by atomic mass is 10.1. The van der Waals surface area contributed by atoms with Crippen molar-refractivity contribution in [1.29, 1.82) is 0 Å². The first-order valence-electron chi connectivity index (χ1n) is 6.76. The van der Waals surface area contributed by atoms with Gasteiger partial charge in [-0.25, -0.2) is 4.98 Å². The van der Waals surface area contributed by atoms with Crippen molar-refractivity contribution in [2.24, 2.45) is 0 Å². The van der Waals surface area contributed by atoms with E-state index in [0.29, 0.717) is 6.04 Å². The average Bonchev–Trinajstić information content (AvgIpc) is 2.38. The van der Waals surface area contributed by atoms with Crippen molar-refractivity contribution in [2.75, 3.05) is 18.0 Å². The van der Waals surface area contributed by atoms with Crippen molar-refractivity contribution in [1.82, 2.24) is 10.3 Å². The van der Waals surface area contributed by atoms with Gasteiger partial charge in [-0.2, -0.15) is 0 Å². The number of nitrogens with zero attached hydrogens (tertiary/aromatic N) is 2. The van der Waals surface area contributed by atoms with Crippen molar-refractivity contribution in [3.63, 3.8) is 0 Å². The van der Waals surface area contributed by atoms with Gasteiger partial charge >= 0.3 is 0 Å². The molecular weight excluding hydrogens is 226 g/mol. The second kappa shape index (κ2) is 6.16. The maximum Gasteiger partial charge on any atom is 0.128 e. The van der Waals surface area contributed by atoms with Gasteiger partial charge in [-0.05, 0) is 24.5 Å². The largest absolute Gasteiger partial charge is 0.393 e. The maximum atomic E-state index is 9.48. The second-order valence-electron chi connectivity index (χ2n) is 5.28. The van der Waals surface area contributed by atoms with Crippen LogP contribution in [0.3, 0.4) is 0 Å². The number of piperidine rings is 1. The van der Waals surface area contributed by atoms with Crippen LogP contribution in [0.25, 0.3) is 0 Å². The minimum Gasteiger partial charge on any atom is -0.393 e. The minimum absolute atomic E-state index is 0.129. The Morgan fingerprint density at radius 1 is 1.39 bits per heavy atom. The van der Waals surface area contributed by atoms with E-state index in [1.54, 1.807) is 0 Å². The minimum atomic E-state index is -0.129. The summed E-state index contributed by atoms with van der Waals surface area (Å²) in [7, 11) is 0. The molecule has 2 N–H and O–H groups in total. The fraction of sp³-hybridized carbons (Fsp3) is 0.643. The third-order valence-electron chi connectivity index (χ3n) is 3.31. The van der Waals surface area contributed by atoms with Crippen molar-refractivity contribution in [2.45, 2.75) is 45.4 Å². The molecule has 18 heavy (non-hydrogen) atoms. The van der Waals surface area contributed by atoms with E-state index in [9.17, 15) is 5.11 Å². The van der Waals surface area contributed by atoms with E-state index in [-0.39, 0.29) is 6.10 Å². The molecule has 2 rings (SSSR count). The van der Waals surface area contributed by atoms with E-state index >= 15 is 0 Å². The van der Waals surface area contributed by atoms with E-state index in [1.165, 1.54) is 5.56 Å². The lowest BCUT2D eigenvalue weighted by Crippen LogP contribution is -2.36. The molecule has 1 aliphatic rings. The molecule has 1 fully saturated rings. The summed E-state index contributed by atoms with van der Waals surface area (Å²) in [6.07, 6.45) is 3.50. The molecule has 1 saturated heterocycles. The Labute approximate surface area is 109 Å². The third kappa shape index (κ3) is 3.68. The predicted octanol–water partition coefficient (Wildman–Crippen LogP) is 1.54. The van der Waals surface area contributed by atoms with Crippen LogP contribution in [0.4, 0.5) is 5.82 Å². The van der Waals surface area contributed by atoms with E-state index in [1.807, 2.05) is 6.20 Å². The van der Waals surface area contributed by atoms with Crippen LogP contribution in [0.2, 0.25) is 0 Å². The first-order chi connectivity index (χ1) is 8.65. The Hall–Kier alpha value is -1.13. The highest BCUT2D eigenvalue weighted by Crippen LogP contribution is 2.17. The van der Waals surface area contributed by atoms with Crippen LogP contribution in [0.1, 0.15) is 32.3 Å². The number of pyridine rings is 1. The predicted molar refractivity (Wildman–Crippen MR) is 73.7 cm³/mol. The van der Waals surface area contributed by atoms with Gasteiger partial charge in [0.2, 0.25) is 0 Å². The molecule has 1 aromatic rings. The summed E-state index contributed by atoms with van der Waals surface area (Å²) >= 11 is 0. The van der Waals surface area contributed by atoms with E-state index in [0.717, 1.165) is 38.3 Å². The van der Waals surface area contributed by atoms with Crippen molar-refractivity contribution < 1.29 is 5.11 Å². The fourth-order valence-electron chi connectivity index (χ4n) is 2.13. The van der Waals surface area contributed by atoms with Crippen molar-refractivity contribution in [3.05, 3.63) is 23.9 Å². The van der Waals surface area contributed by atoms with Crippen LogP contribution >= 0.6 is 0 Å². The van der Waals surface area contributed by atoms with Gasteiger partial charge in [0.25, 0.3) is 0 Å². The van der Waals surface area contributed by atoms with E-state index in [2.05, 4.69) is 41.2 Å². The normalized spacial score (nSPS) is 17.4. The lowest BCUT2D eigenvalue weighted by Gasteiger charge is -2.30. The third-order valence-corrected chi connectivity index (χ3v) is 3.31. The molecule has 4 nitrogen and oxygen atoms in total. The summed E-state index contributed by atoms with van der Waals surface area (Å²) in [4.78, 5) is 6.75. The number of nitrogens with one attached hydrogen (secondary N) is 1. The first kappa shape index (κ1) is 13.3. The zero-order valence-electron chi connectivity index (χ0n) is 11.3. The van der Waals surface area contributed by atoms with Gasteiger partial charge < -0.3 is 15.3 Å². The zero-order chi connectivity index (χ0) is 13.0. The molecule has 2 heterocycles. The molecule has 0 spiro atoms. The molecule has 0 unspecified atom stereocenters. The molecule has 0 aliphatic carbocycles. The molecule has 1 aromatic heterocycles. The molecule has 100 valence electrons. The van der Waals surface area contributed by atoms with E-state index in [4.69, 9.17) is 0 Å². The molecular formula is C14H23N3O. The van der Waals surface area contributed by atoms with Crippen LogP contribution in [0.5, 0.6) is 0 Å². The number of hydrogen-bond acceptors (Lipinski definition) is 4.